The van der Waals surface area contributed by atoms with Crippen LogP contribution in [0.3, 0.4) is 0 Å². The first-order valence-corrected chi connectivity index (χ1v) is 8.47. The Morgan fingerprint density at radius 3 is 2.38 bits per heavy atom. The lowest BCUT2D eigenvalue weighted by atomic mass is 10.0. The monoisotopic (exact) mass is 366 g/mol. The van der Waals surface area contributed by atoms with Crippen LogP contribution in [0.15, 0.2) is 24.3 Å². The molecule has 1 aromatic rings. The predicted molar refractivity (Wildman–Crippen MR) is 90.9 cm³/mol. The fourth-order valence-corrected chi connectivity index (χ4v) is 2.45. The van der Waals surface area contributed by atoms with Gasteiger partial charge in [-0.15, -0.1) is 0 Å². The number of amides is 2. The topological polar surface area (TPSA) is 84.9 Å². The highest BCUT2D eigenvalue weighted by Crippen LogP contribution is 2.08. The largest absolute Gasteiger partial charge is 0.454 e. The maximum atomic E-state index is 12.9. The number of halogens is 1. The molecule has 1 fully saturated rings. The van der Waals surface area contributed by atoms with Crippen LogP contribution in [0.1, 0.15) is 24.2 Å². The first-order valence-electron chi connectivity index (χ1n) is 8.47. The molecule has 0 radical (unpaired) electrons. The number of benzene rings is 1. The van der Waals surface area contributed by atoms with Crippen LogP contribution < -0.4 is 5.32 Å². The fourth-order valence-electron chi connectivity index (χ4n) is 2.45. The van der Waals surface area contributed by atoms with Gasteiger partial charge in [-0.25, -0.2) is 9.18 Å². The summed E-state index contributed by atoms with van der Waals surface area (Å²) in [6, 6.07) is 4.08. The summed E-state index contributed by atoms with van der Waals surface area (Å²) >= 11 is 0. The van der Waals surface area contributed by atoms with Gasteiger partial charge in [-0.3, -0.25) is 9.59 Å². The van der Waals surface area contributed by atoms with E-state index in [2.05, 4.69) is 5.32 Å². The van der Waals surface area contributed by atoms with Crippen molar-refractivity contribution in [2.75, 3.05) is 32.9 Å². The number of nitrogens with one attached hydrogen (secondary N) is 1. The van der Waals surface area contributed by atoms with Gasteiger partial charge in [0.2, 0.25) is 0 Å². The van der Waals surface area contributed by atoms with Crippen LogP contribution in [0.2, 0.25) is 0 Å². The highest BCUT2D eigenvalue weighted by atomic mass is 19.1. The molecule has 0 saturated carbocycles. The molecule has 142 valence electrons. The van der Waals surface area contributed by atoms with E-state index in [9.17, 15) is 18.8 Å². The standard InChI is InChI=1S/C18H23FN2O5/c1-12(2)16(20-17(23)13-3-5-14(19)6-4-13)18(24)26-11-15(22)21-7-9-25-10-8-21/h3-6,12,16H,7-11H2,1-2H3,(H,20,23)/t16-/m0/s1. The summed E-state index contributed by atoms with van der Waals surface area (Å²) in [7, 11) is 0. The molecule has 1 saturated heterocycles. The van der Waals surface area contributed by atoms with E-state index in [1.54, 1.807) is 18.7 Å². The number of esters is 1. The van der Waals surface area contributed by atoms with Crippen molar-refractivity contribution in [2.24, 2.45) is 5.92 Å². The molecule has 2 rings (SSSR count). The van der Waals surface area contributed by atoms with Gasteiger partial charge in [-0.2, -0.15) is 0 Å². The molecule has 1 aliphatic heterocycles. The van der Waals surface area contributed by atoms with Crippen molar-refractivity contribution in [1.82, 2.24) is 10.2 Å². The van der Waals surface area contributed by atoms with Gasteiger partial charge >= 0.3 is 5.97 Å². The molecule has 0 spiro atoms. The number of hydrogen-bond donors (Lipinski definition) is 1. The normalized spacial score (nSPS) is 15.5. The Balaban J connectivity index is 1.90. The Hall–Kier alpha value is -2.48. The van der Waals surface area contributed by atoms with Gasteiger partial charge in [0.05, 0.1) is 13.2 Å². The minimum Gasteiger partial charge on any atom is -0.454 e. The summed E-state index contributed by atoms with van der Waals surface area (Å²) < 4.78 is 23.2. The van der Waals surface area contributed by atoms with E-state index < -0.39 is 23.7 Å². The average molecular weight is 366 g/mol. The van der Waals surface area contributed by atoms with Crippen molar-refractivity contribution in [3.63, 3.8) is 0 Å². The molecule has 1 heterocycles. The predicted octanol–water partition coefficient (Wildman–Crippen LogP) is 0.982. The Morgan fingerprint density at radius 1 is 1.19 bits per heavy atom. The number of nitrogens with zero attached hydrogens (tertiary/aromatic N) is 1. The van der Waals surface area contributed by atoms with E-state index in [0.717, 1.165) is 0 Å². The smallest absolute Gasteiger partial charge is 0.329 e. The molecule has 8 heteroatoms. The second-order valence-electron chi connectivity index (χ2n) is 6.30. The van der Waals surface area contributed by atoms with Crippen molar-refractivity contribution >= 4 is 17.8 Å². The van der Waals surface area contributed by atoms with Gasteiger partial charge in [-0.05, 0) is 30.2 Å². The minimum absolute atomic E-state index is 0.231. The summed E-state index contributed by atoms with van der Waals surface area (Å²) in [6.07, 6.45) is 0. The molecule has 26 heavy (non-hydrogen) atoms. The highest BCUT2D eigenvalue weighted by Gasteiger charge is 2.27. The van der Waals surface area contributed by atoms with Crippen molar-refractivity contribution in [1.29, 1.82) is 0 Å². The van der Waals surface area contributed by atoms with Crippen LogP contribution in [0, 0.1) is 11.7 Å². The Morgan fingerprint density at radius 2 is 1.81 bits per heavy atom. The van der Waals surface area contributed by atoms with Gasteiger partial charge < -0.3 is 19.7 Å². The molecular weight excluding hydrogens is 343 g/mol. The van der Waals surface area contributed by atoms with Crippen LogP contribution in [0.25, 0.3) is 0 Å². The van der Waals surface area contributed by atoms with Crippen molar-refractivity contribution in [3.8, 4) is 0 Å². The molecule has 1 N–H and O–H groups in total. The third-order valence-electron chi connectivity index (χ3n) is 4.02. The van der Waals surface area contributed by atoms with Gasteiger partial charge in [-0.1, -0.05) is 13.8 Å². The third-order valence-corrected chi connectivity index (χ3v) is 4.02. The number of carbonyl (C=O) groups excluding carboxylic acids is 3. The van der Waals surface area contributed by atoms with Crippen molar-refractivity contribution < 1.29 is 28.2 Å². The van der Waals surface area contributed by atoms with E-state index in [4.69, 9.17) is 9.47 Å². The quantitative estimate of drug-likeness (QED) is 0.759. The summed E-state index contributed by atoms with van der Waals surface area (Å²) in [5, 5.41) is 2.57. The zero-order valence-electron chi connectivity index (χ0n) is 14.9. The number of hydrogen-bond acceptors (Lipinski definition) is 5. The van der Waals surface area contributed by atoms with Gasteiger partial charge in [0.25, 0.3) is 11.8 Å². The zero-order chi connectivity index (χ0) is 19.1. The summed E-state index contributed by atoms with van der Waals surface area (Å²) in [6.45, 7) is 4.97. The molecule has 7 nitrogen and oxygen atoms in total. The van der Waals surface area contributed by atoms with Gasteiger partial charge in [0.1, 0.15) is 11.9 Å². The van der Waals surface area contributed by atoms with Crippen LogP contribution in [0.4, 0.5) is 4.39 Å². The summed E-state index contributed by atoms with van der Waals surface area (Å²) in [4.78, 5) is 38.1. The first-order chi connectivity index (χ1) is 12.4. The minimum atomic E-state index is -0.912. The number of ether oxygens (including phenoxy) is 2. The number of rotatable bonds is 6. The van der Waals surface area contributed by atoms with E-state index in [0.29, 0.717) is 26.3 Å². The molecule has 1 aliphatic rings. The first kappa shape index (κ1) is 19.8. The zero-order valence-corrected chi connectivity index (χ0v) is 14.9. The van der Waals surface area contributed by atoms with Crippen LogP contribution in [-0.4, -0.2) is 61.6 Å². The Kier molecular flexibility index (Phi) is 7.08. The Bertz CT molecular complexity index is 641. The lowest BCUT2D eigenvalue weighted by molar-refractivity contribution is -0.155. The molecule has 1 atom stereocenters. The number of carbonyl (C=O) groups is 3. The van der Waals surface area contributed by atoms with E-state index in [1.165, 1.54) is 24.3 Å². The average Bonchev–Trinajstić information content (AvgIpc) is 2.64. The Labute approximate surface area is 151 Å². The SMILES string of the molecule is CC(C)[C@H](NC(=O)c1ccc(F)cc1)C(=O)OCC(=O)N1CCOCC1. The van der Waals surface area contributed by atoms with Gasteiger partial charge in [0.15, 0.2) is 6.61 Å². The van der Waals surface area contributed by atoms with Crippen LogP contribution >= 0.6 is 0 Å². The van der Waals surface area contributed by atoms with E-state index >= 15 is 0 Å². The highest BCUT2D eigenvalue weighted by molar-refractivity contribution is 5.97. The molecule has 0 aliphatic carbocycles. The van der Waals surface area contributed by atoms with Crippen LogP contribution in [-0.2, 0) is 19.1 Å². The third kappa shape index (κ3) is 5.52. The molecule has 0 bridgehead atoms. The van der Waals surface area contributed by atoms with Gasteiger partial charge in [0, 0.05) is 18.7 Å². The molecule has 2 amide bonds. The van der Waals surface area contributed by atoms with E-state index in [1.807, 2.05) is 0 Å². The van der Waals surface area contributed by atoms with Crippen molar-refractivity contribution in [3.05, 3.63) is 35.6 Å². The number of morpholine rings is 1. The second kappa shape index (κ2) is 9.28. The molecule has 1 aromatic carbocycles. The molecule has 0 unspecified atom stereocenters. The molecular formula is C18H23FN2O5. The van der Waals surface area contributed by atoms with Crippen molar-refractivity contribution in [2.45, 2.75) is 19.9 Å². The van der Waals surface area contributed by atoms with Crippen LogP contribution in [0.5, 0.6) is 0 Å². The summed E-state index contributed by atoms with van der Waals surface area (Å²) in [5.74, 6) is -2.19. The summed E-state index contributed by atoms with van der Waals surface area (Å²) in [5.41, 5.74) is 0.231. The maximum absolute atomic E-state index is 12.9. The lowest BCUT2D eigenvalue weighted by Gasteiger charge is -2.27. The molecule has 0 aromatic heterocycles. The fraction of sp³-hybridized carbons (Fsp3) is 0.500. The van der Waals surface area contributed by atoms with E-state index in [-0.39, 0.29) is 24.0 Å². The lowest BCUT2D eigenvalue weighted by Crippen LogP contribution is -2.47. The maximum Gasteiger partial charge on any atom is 0.329 e. The second-order valence-corrected chi connectivity index (χ2v) is 6.30.